The monoisotopic (exact) mass is 246 g/mol. The van der Waals surface area contributed by atoms with Crippen LogP contribution in [0.15, 0.2) is 24.3 Å². The first-order chi connectivity index (χ1) is 8.72. The van der Waals surface area contributed by atoms with Gasteiger partial charge in [-0.15, -0.1) is 0 Å². The molecule has 0 aromatic heterocycles. The van der Waals surface area contributed by atoms with Crippen LogP contribution in [0.4, 0.5) is 5.69 Å². The number of aliphatic hydroxyl groups excluding tert-OH is 1. The van der Waals surface area contributed by atoms with Gasteiger partial charge < -0.3 is 15.7 Å². The van der Waals surface area contributed by atoms with Gasteiger partial charge >= 0.3 is 0 Å². The summed E-state index contributed by atoms with van der Waals surface area (Å²) >= 11 is 0. The fraction of sp³-hybridized carbons (Fsp3) is 0.500. The van der Waals surface area contributed by atoms with Crippen LogP contribution in [0.5, 0.6) is 0 Å². The van der Waals surface area contributed by atoms with Gasteiger partial charge in [-0.2, -0.15) is 0 Å². The molecule has 0 spiro atoms. The van der Waals surface area contributed by atoms with Crippen molar-refractivity contribution in [1.29, 1.82) is 0 Å². The number of amides is 1. The lowest BCUT2D eigenvalue weighted by Gasteiger charge is -2.41. The molecule has 2 aliphatic rings. The molecule has 1 amide bonds. The van der Waals surface area contributed by atoms with Gasteiger partial charge in [0.25, 0.3) is 0 Å². The minimum absolute atomic E-state index is 0.0000463. The van der Waals surface area contributed by atoms with E-state index in [-0.39, 0.29) is 24.1 Å². The second-order valence-corrected chi connectivity index (χ2v) is 5.34. The highest BCUT2D eigenvalue weighted by Crippen LogP contribution is 2.32. The zero-order valence-electron chi connectivity index (χ0n) is 10.3. The number of rotatable bonds is 3. The number of hydrogen-bond acceptors (Lipinski definition) is 3. The van der Waals surface area contributed by atoms with Gasteiger partial charge in [-0.3, -0.25) is 4.79 Å². The molecule has 96 valence electrons. The molecule has 1 aliphatic carbocycles. The number of aliphatic hydroxyl groups is 1. The molecule has 1 aromatic rings. The van der Waals surface area contributed by atoms with Crippen molar-refractivity contribution < 1.29 is 9.90 Å². The number of anilines is 1. The molecule has 4 nitrogen and oxygen atoms in total. The van der Waals surface area contributed by atoms with Gasteiger partial charge in [0, 0.05) is 12.1 Å². The van der Waals surface area contributed by atoms with E-state index in [1.807, 2.05) is 24.3 Å². The Morgan fingerprint density at radius 1 is 1.44 bits per heavy atom. The Bertz CT molecular complexity index is 438. The summed E-state index contributed by atoms with van der Waals surface area (Å²) in [6, 6.07) is 7.79. The molecule has 1 aliphatic heterocycles. The van der Waals surface area contributed by atoms with E-state index in [9.17, 15) is 9.90 Å². The van der Waals surface area contributed by atoms with E-state index in [1.165, 1.54) is 5.56 Å². The van der Waals surface area contributed by atoms with E-state index in [4.69, 9.17) is 0 Å². The molecule has 1 saturated carbocycles. The van der Waals surface area contributed by atoms with Crippen molar-refractivity contribution >= 4 is 11.6 Å². The van der Waals surface area contributed by atoms with Crippen LogP contribution in [0.1, 0.15) is 24.8 Å². The highest BCUT2D eigenvalue weighted by Gasteiger charge is 2.39. The Kier molecular flexibility index (Phi) is 2.74. The smallest absolute Gasteiger partial charge is 0.243 e. The Morgan fingerprint density at radius 2 is 2.22 bits per heavy atom. The van der Waals surface area contributed by atoms with Crippen molar-refractivity contribution in [3.05, 3.63) is 29.8 Å². The minimum atomic E-state index is -0.354. The van der Waals surface area contributed by atoms with Crippen molar-refractivity contribution in [3.63, 3.8) is 0 Å². The first-order valence-corrected chi connectivity index (χ1v) is 6.50. The Labute approximate surface area is 106 Å². The number of fused-ring (bicyclic) bond motifs is 1. The van der Waals surface area contributed by atoms with E-state index in [0.29, 0.717) is 0 Å². The van der Waals surface area contributed by atoms with E-state index in [0.717, 1.165) is 31.4 Å². The lowest BCUT2D eigenvalue weighted by atomic mass is 9.77. The first-order valence-electron chi connectivity index (χ1n) is 6.50. The van der Waals surface area contributed by atoms with Gasteiger partial charge in [0.05, 0.1) is 12.1 Å². The fourth-order valence-electron chi connectivity index (χ4n) is 2.73. The number of carbonyl (C=O) groups is 1. The van der Waals surface area contributed by atoms with Gasteiger partial charge in [0.2, 0.25) is 5.91 Å². The van der Waals surface area contributed by atoms with Crippen LogP contribution in [0, 0.1) is 0 Å². The van der Waals surface area contributed by atoms with Gasteiger partial charge in [0.15, 0.2) is 0 Å². The normalized spacial score (nSPS) is 23.7. The Morgan fingerprint density at radius 3 is 2.83 bits per heavy atom. The highest BCUT2D eigenvalue weighted by atomic mass is 16.3. The van der Waals surface area contributed by atoms with Gasteiger partial charge in [-0.1, -0.05) is 18.2 Å². The third-order valence-corrected chi connectivity index (χ3v) is 4.09. The minimum Gasteiger partial charge on any atom is -0.394 e. The average Bonchev–Trinajstić information content (AvgIpc) is 2.77. The van der Waals surface area contributed by atoms with Crippen molar-refractivity contribution in [1.82, 2.24) is 5.32 Å². The summed E-state index contributed by atoms with van der Waals surface area (Å²) in [5.74, 6) is -0.0000463. The third kappa shape index (κ3) is 1.86. The van der Waals surface area contributed by atoms with Crippen LogP contribution >= 0.6 is 0 Å². The van der Waals surface area contributed by atoms with Gasteiger partial charge in [0.1, 0.15) is 6.04 Å². The summed E-state index contributed by atoms with van der Waals surface area (Å²) in [5.41, 5.74) is 1.88. The summed E-state index contributed by atoms with van der Waals surface area (Å²) in [6.07, 6.45) is 3.58. The van der Waals surface area contributed by atoms with Crippen LogP contribution in [0.3, 0.4) is 0 Å². The van der Waals surface area contributed by atoms with Gasteiger partial charge in [-0.25, -0.2) is 0 Å². The van der Waals surface area contributed by atoms with Crippen molar-refractivity contribution in [2.45, 2.75) is 37.3 Å². The molecule has 1 unspecified atom stereocenters. The van der Waals surface area contributed by atoms with E-state index < -0.39 is 0 Å². The standard InChI is InChI=1S/C14H18N2O2/c17-9-14(6-3-7-14)16-13(18)12-8-10-4-1-2-5-11(10)15-12/h1-2,4-5,12,15,17H,3,6-9H2,(H,16,18). The maximum atomic E-state index is 12.2. The van der Waals surface area contributed by atoms with Crippen LogP contribution < -0.4 is 10.6 Å². The fourth-order valence-corrected chi connectivity index (χ4v) is 2.73. The largest absolute Gasteiger partial charge is 0.394 e. The lowest BCUT2D eigenvalue weighted by molar-refractivity contribution is -0.125. The number of benzene rings is 1. The predicted octanol–water partition coefficient (Wildman–Crippen LogP) is 1.05. The van der Waals surface area contributed by atoms with E-state index in [2.05, 4.69) is 10.6 Å². The molecule has 1 fully saturated rings. The molecule has 1 aromatic carbocycles. The SMILES string of the molecule is O=C(NC1(CO)CCC1)C1Cc2ccccc2N1. The predicted molar refractivity (Wildman–Crippen MR) is 69.4 cm³/mol. The van der Waals surface area contributed by atoms with E-state index in [1.54, 1.807) is 0 Å². The summed E-state index contributed by atoms with van der Waals surface area (Å²) in [6.45, 7) is 0.0401. The molecular weight excluding hydrogens is 228 g/mol. The zero-order valence-corrected chi connectivity index (χ0v) is 10.3. The second-order valence-electron chi connectivity index (χ2n) is 5.34. The molecule has 3 N–H and O–H groups in total. The molecule has 0 radical (unpaired) electrons. The Balaban J connectivity index is 1.66. The van der Waals surface area contributed by atoms with Crippen LogP contribution in [-0.2, 0) is 11.2 Å². The van der Waals surface area contributed by atoms with Crippen LogP contribution in [-0.4, -0.2) is 29.2 Å². The summed E-state index contributed by atoms with van der Waals surface area (Å²) < 4.78 is 0. The molecule has 3 rings (SSSR count). The molecule has 18 heavy (non-hydrogen) atoms. The first kappa shape index (κ1) is 11.5. The maximum absolute atomic E-state index is 12.2. The van der Waals surface area contributed by atoms with E-state index >= 15 is 0 Å². The van der Waals surface area contributed by atoms with Crippen molar-refractivity contribution in [2.24, 2.45) is 0 Å². The number of hydrogen-bond donors (Lipinski definition) is 3. The number of carbonyl (C=O) groups excluding carboxylic acids is 1. The molecule has 1 heterocycles. The van der Waals surface area contributed by atoms with Crippen LogP contribution in [0.25, 0.3) is 0 Å². The number of para-hydroxylation sites is 1. The third-order valence-electron chi connectivity index (χ3n) is 4.09. The average molecular weight is 246 g/mol. The van der Waals surface area contributed by atoms with Crippen LogP contribution in [0.2, 0.25) is 0 Å². The Hall–Kier alpha value is -1.55. The van der Waals surface area contributed by atoms with Gasteiger partial charge in [-0.05, 0) is 30.9 Å². The summed E-state index contributed by atoms with van der Waals surface area (Å²) in [7, 11) is 0. The van der Waals surface area contributed by atoms with Crippen molar-refractivity contribution in [3.8, 4) is 0 Å². The number of nitrogens with one attached hydrogen (secondary N) is 2. The molecule has 0 bridgehead atoms. The lowest BCUT2D eigenvalue weighted by Crippen LogP contribution is -2.59. The second kappa shape index (κ2) is 4.28. The molecule has 0 saturated heterocycles. The molecular formula is C14H18N2O2. The van der Waals surface area contributed by atoms with Crippen molar-refractivity contribution in [2.75, 3.05) is 11.9 Å². The zero-order chi connectivity index (χ0) is 12.6. The maximum Gasteiger partial charge on any atom is 0.243 e. The quantitative estimate of drug-likeness (QED) is 0.747. The molecule has 1 atom stereocenters. The summed E-state index contributed by atoms with van der Waals surface area (Å²) in [4.78, 5) is 12.2. The topological polar surface area (TPSA) is 61.4 Å². The summed E-state index contributed by atoms with van der Waals surface area (Å²) in [5, 5.41) is 15.6. The molecule has 4 heteroatoms. The highest BCUT2D eigenvalue weighted by molar-refractivity contribution is 5.88.